The quantitative estimate of drug-likeness (QED) is 0.0497. The Balaban J connectivity index is 2.46. The molecule has 476 valence electrons. The van der Waals surface area contributed by atoms with Gasteiger partial charge in [-0.05, 0) is 50.7 Å². The lowest BCUT2D eigenvalue weighted by molar-refractivity contribution is 0.234. The molecule has 0 fully saturated rings. The molecule has 82 heavy (non-hydrogen) atoms. The minimum atomic E-state index is 0.464. The molecule has 9 heteroatoms. The van der Waals surface area contributed by atoms with E-state index in [-0.39, 0.29) is 0 Å². The molecule has 8 nitrogen and oxygen atoms in total. The van der Waals surface area contributed by atoms with E-state index in [2.05, 4.69) is 76.4 Å². The third kappa shape index (κ3) is 41.9. The molecule has 0 heterocycles. The van der Waals surface area contributed by atoms with Gasteiger partial charge in [0.2, 0.25) is 11.5 Å². The van der Waals surface area contributed by atoms with Crippen molar-refractivity contribution in [1.29, 1.82) is 0 Å². The van der Waals surface area contributed by atoms with Crippen molar-refractivity contribution >= 4 is 28.7 Å². The molecule has 0 bridgehead atoms. The number of ether oxygens (including phenoxy) is 6. The van der Waals surface area contributed by atoms with Gasteiger partial charge in [-0.2, -0.15) is 0 Å². The molecular formula is C73H132N2O6S. The van der Waals surface area contributed by atoms with E-state index in [1.807, 2.05) is 0 Å². The first-order valence-corrected chi connectivity index (χ1v) is 36.1. The predicted molar refractivity (Wildman–Crippen MR) is 361 cm³/mol. The molecule has 0 unspecified atom stereocenters. The summed E-state index contributed by atoms with van der Waals surface area (Å²) in [5, 5.41) is 7.58. The summed E-state index contributed by atoms with van der Waals surface area (Å²) in [5.41, 5.74) is 1.60. The largest absolute Gasteiger partial charge is 0.489 e. The van der Waals surface area contributed by atoms with Gasteiger partial charge in [-0.25, -0.2) is 0 Å². The molecule has 0 aromatic heterocycles. The summed E-state index contributed by atoms with van der Waals surface area (Å²) in [6.07, 6.45) is 60.0. The molecule has 0 saturated heterocycles. The zero-order valence-corrected chi connectivity index (χ0v) is 55.7. The summed E-state index contributed by atoms with van der Waals surface area (Å²) in [7, 11) is 0. The van der Waals surface area contributed by atoms with Crippen molar-refractivity contribution in [3.63, 3.8) is 0 Å². The van der Waals surface area contributed by atoms with Crippen molar-refractivity contribution in [2.75, 3.05) is 50.3 Å². The first-order valence-electron chi connectivity index (χ1n) is 35.7. The summed E-state index contributed by atoms with van der Waals surface area (Å²) < 4.78 is 40.3. The van der Waals surface area contributed by atoms with Gasteiger partial charge in [0, 0.05) is 35.6 Å². The van der Waals surface area contributed by atoms with Crippen LogP contribution in [-0.2, 0) is 0 Å². The molecule has 2 aromatic carbocycles. The van der Waals surface area contributed by atoms with E-state index in [1.54, 1.807) is 0 Å². The average molecular weight is 1170 g/mol. The number of hydrogen-bond acceptors (Lipinski definition) is 7. The van der Waals surface area contributed by atoms with Crippen LogP contribution in [0.1, 0.15) is 350 Å². The van der Waals surface area contributed by atoms with Crippen LogP contribution < -0.4 is 39.1 Å². The normalized spacial score (nSPS) is 11.3. The second kappa shape index (κ2) is 57.0. The van der Waals surface area contributed by atoms with Crippen molar-refractivity contribution in [2.45, 2.75) is 350 Å². The average Bonchev–Trinajstić information content (AvgIpc) is 3.48. The topological polar surface area (TPSA) is 79.4 Å². The number of benzene rings is 2. The summed E-state index contributed by atoms with van der Waals surface area (Å²) in [4.78, 5) is 0. The summed E-state index contributed by atoms with van der Waals surface area (Å²) in [5.74, 6) is 4.29. The van der Waals surface area contributed by atoms with Crippen molar-refractivity contribution in [2.24, 2.45) is 0 Å². The fourth-order valence-electron chi connectivity index (χ4n) is 10.8. The Labute approximate surface area is 513 Å². The van der Waals surface area contributed by atoms with Crippen LogP contribution >= 0.6 is 12.2 Å². The summed E-state index contributed by atoms with van der Waals surface area (Å²) in [6, 6.07) is 8.24. The van der Waals surface area contributed by atoms with Crippen molar-refractivity contribution in [3.8, 4) is 34.5 Å². The van der Waals surface area contributed by atoms with Crippen LogP contribution in [0.15, 0.2) is 24.3 Å². The van der Waals surface area contributed by atoms with Gasteiger partial charge in [-0.15, -0.1) is 0 Å². The first-order chi connectivity index (χ1) is 40.5. The molecular weight excluding hydrogens is 1030 g/mol. The zero-order valence-electron chi connectivity index (χ0n) is 54.9. The molecule has 0 amide bonds. The maximum Gasteiger partial charge on any atom is 0.203 e. The Kier molecular flexibility index (Phi) is 52.2. The van der Waals surface area contributed by atoms with Gasteiger partial charge in [-0.3, -0.25) is 0 Å². The number of thiocarbonyl (C=S) groups is 1. The lowest BCUT2D eigenvalue weighted by Gasteiger charge is -2.21. The van der Waals surface area contributed by atoms with Crippen LogP contribution in [0.3, 0.4) is 0 Å². The monoisotopic (exact) mass is 1160 g/mol. The molecule has 0 saturated carbocycles. The van der Waals surface area contributed by atoms with Crippen LogP contribution in [0.2, 0.25) is 0 Å². The fraction of sp³-hybridized carbons (Fsp3) is 0.822. The number of nitrogens with one attached hydrogen (secondary N) is 2. The third-order valence-corrected chi connectivity index (χ3v) is 16.3. The molecule has 0 aliphatic rings. The van der Waals surface area contributed by atoms with Crippen LogP contribution in [-0.4, -0.2) is 44.8 Å². The van der Waals surface area contributed by atoms with Gasteiger partial charge in [-0.1, -0.05) is 311 Å². The lowest BCUT2D eigenvalue weighted by Crippen LogP contribution is -2.19. The highest BCUT2D eigenvalue weighted by Crippen LogP contribution is 2.43. The van der Waals surface area contributed by atoms with Crippen molar-refractivity contribution in [3.05, 3.63) is 24.3 Å². The van der Waals surface area contributed by atoms with E-state index in [0.29, 0.717) is 79.3 Å². The van der Waals surface area contributed by atoms with E-state index in [0.717, 1.165) is 75.6 Å². The van der Waals surface area contributed by atoms with Crippen LogP contribution in [0, 0.1) is 0 Å². The number of rotatable bonds is 62. The fourth-order valence-corrected chi connectivity index (χ4v) is 11.0. The van der Waals surface area contributed by atoms with Crippen molar-refractivity contribution in [1.82, 2.24) is 0 Å². The van der Waals surface area contributed by atoms with Gasteiger partial charge < -0.3 is 39.1 Å². The van der Waals surface area contributed by atoms with Crippen LogP contribution in [0.25, 0.3) is 0 Å². The second-order valence-corrected chi connectivity index (χ2v) is 24.5. The molecule has 0 aliphatic heterocycles. The maximum atomic E-state index is 6.72. The maximum absolute atomic E-state index is 6.72. The Morgan fingerprint density at radius 3 is 0.585 bits per heavy atom. The molecule has 2 aromatic rings. The molecule has 0 aliphatic carbocycles. The lowest BCUT2D eigenvalue weighted by atomic mass is 10.1. The van der Waals surface area contributed by atoms with Crippen molar-refractivity contribution < 1.29 is 28.4 Å². The van der Waals surface area contributed by atoms with Gasteiger partial charge >= 0.3 is 0 Å². The van der Waals surface area contributed by atoms with E-state index in [9.17, 15) is 0 Å². The minimum absolute atomic E-state index is 0.464. The standard InChI is InChI=1S/C73H132N2O6S/c1-7-13-19-25-31-37-43-49-55-76-67-61-65(62-68(77-56-50-44-38-32-26-20-14-8-2)71(67)80-59-53-47-41-35-29-23-17-11-5)74-73(82)75-66-63-69(78-57-51-45-39-33-27-21-15-9-3)72(81-60-54-48-42-36-30-24-18-12-6)70(64-66)79-58-52-46-40-34-28-22-16-10-4/h61-64H,7-60H2,1-6H3,(H2,74,75,82). The van der Waals surface area contributed by atoms with E-state index < -0.39 is 0 Å². The highest BCUT2D eigenvalue weighted by Gasteiger charge is 2.20. The zero-order chi connectivity index (χ0) is 58.9. The summed E-state index contributed by atoms with van der Waals surface area (Å²) in [6.45, 7) is 17.5. The van der Waals surface area contributed by atoms with Gasteiger partial charge in [0.15, 0.2) is 28.1 Å². The third-order valence-electron chi connectivity index (χ3n) is 16.1. The second-order valence-electron chi connectivity index (χ2n) is 24.1. The van der Waals surface area contributed by atoms with Gasteiger partial charge in [0.1, 0.15) is 0 Å². The Morgan fingerprint density at radius 1 is 0.244 bits per heavy atom. The van der Waals surface area contributed by atoms with E-state index >= 15 is 0 Å². The molecule has 0 radical (unpaired) electrons. The van der Waals surface area contributed by atoms with Crippen LogP contribution in [0.4, 0.5) is 11.4 Å². The predicted octanol–water partition coefficient (Wildman–Crippen LogP) is 24.6. The Morgan fingerprint density at radius 2 is 0.402 bits per heavy atom. The Bertz CT molecular complexity index is 1520. The molecule has 0 spiro atoms. The number of anilines is 2. The van der Waals surface area contributed by atoms with Gasteiger partial charge in [0.05, 0.1) is 39.6 Å². The first kappa shape index (κ1) is 75.0. The molecule has 0 atom stereocenters. The highest BCUT2D eigenvalue weighted by molar-refractivity contribution is 7.80. The smallest absolute Gasteiger partial charge is 0.203 e. The van der Waals surface area contributed by atoms with Crippen LogP contribution in [0.5, 0.6) is 34.5 Å². The SMILES string of the molecule is CCCCCCCCCCOc1cc(NC(=S)Nc2cc(OCCCCCCCCCC)c(OCCCCCCCCCC)c(OCCCCCCCCCC)c2)cc(OCCCCCCCCCC)c1OCCCCCCCCCC. The molecule has 2 N–H and O–H groups in total. The highest BCUT2D eigenvalue weighted by atomic mass is 32.1. The minimum Gasteiger partial charge on any atom is -0.489 e. The van der Waals surface area contributed by atoms with E-state index in [4.69, 9.17) is 40.6 Å². The summed E-state index contributed by atoms with van der Waals surface area (Å²) >= 11 is 6.19. The Hall–Kier alpha value is -3.07. The van der Waals surface area contributed by atoms with E-state index in [1.165, 1.54) is 244 Å². The number of unbranched alkanes of at least 4 members (excludes halogenated alkanes) is 42. The van der Waals surface area contributed by atoms with Gasteiger partial charge in [0.25, 0.3) is 0 Å². The number of hydrogen-bond donors (Lipinski definition) is 2. The molecule has 2 rings (SSSR count).